The van der Waals surface area contributed by atoms with E-state index in [0.29, 0.717) is 12.3 Å². The standard InChI is InChI=1S/C17H21N3OS/c1-12-5-13(2)7-14(6-12)10-22-11-17(21)20-4-3-16-15(9-20)8-18-19-16/h5-8H,3-4,9-11H2,1-2H3,(H,18,19). The molecule has 2 heterocycles. The van der Waals surface area contributed by atoms with Crippen molar-refractivity contribution < 1.29 is 4.79 Å². The Hall–Kier alpha value is -1.75. The molecule has 0 aliphatic carbocycles. The van der Waals surface area contributed by atoms with Gasteiger partial charge in [-0.25, -0.2) is 0 Å². The quantitative estimate of drug-likeness (QED) is 0.944. The van der Waals surface area contributed by atoms with E-state index in [0.717, 1.165) is 24.3 Å². The van der Waals surface area contributed by atoms with E-state index in [2.05, 4.69) is 42.2 Å². The van der Waals surface area contributed by atoms with Crippen LogP contribution in [-0.2, 0) is 23.5 Å². The molecule has 0 radical (unpaired) electrons. The number of aromatic nitrogens is 2. The maximum absolute atomic E-state index is 12.3. The van der Waals surface area contributed by atoms with Crippen LogP contribution in [0.2, 0.25) is 0 Å². The van der Waals surface area contributed by atoms with Crippen LogP contribution >= 0.6 is 11.8 Å². The number of hydrogen-bond acceptors (Lipinski definition) is 3. The molecule has 0 fully saturated rings. The van der Waals surface area contributed by atoms with E-state index in [4.69, 9.17) is 0 Å². The first-order chi connectivity index (χ1) is 10.6. The molecule has 0 saturated carbocycles. The van der Waals surface area contributed by atoms with Gasteiger partial charge in [0.15, 0.2) is 0 Å². The van der Waals surface area contributed by atoms with Crippen LogP contribution in [0.15, 0.2) is 24.4 Å². The first kappa shape index (κ1) is 15.2. The molecule has 0 atom stereocenters. The van der Waals surface area contributed by atoms with Gasteiger partial charge < -0.3 is 4.90 Å². The lowest BCUT2D eigenvalue weighted by molar-refractivity contribution is -0.129. The summed E-state index contributed by atoms with van der Waals surface area (Å²) in [5, 5.41) is 7.05. The van der Waals surface area contributed by atoms with Crippen molar-refractivity contribution in [3.05, 3.63) is 52.3 Å². The molecule has 0 bridgehead atoms. The molecule has 0 saturated heterocycles. The predicted molar refractivity (Wildman–Crippen MR) is 89.8 cm³/mol. The Bertz CT molecular complexity index is 660. The lowest BCUT2D eigenvalue weighted by Gasteiger charge is -2.26. The zero-order valence-corrected chi connectivity index (χ0v) is 13.9. The number of amides is 1. The van der Waals surface area contributed by atoms with Crippen molar-refractivity contribution in [3.63, 3.8) is 0 Å². The second-order valence-electron chi connectivity index (χ2n) is 5.93. The lowest BCUT2D eigenvalue weighted by atomic mass is 10.1. The average molecular weight is 315 g/mol. The van der Waals surface area contributed by atoms with Crippen LogP contribution in [0.3, 0.4) is 0 Å². The maximum atomic E-state index is 12.3. The molecule has 5 heteroatoms. The van der Waals surface area contributed by atoms with Crippen LogP contribution in [0.5, 0.6) is 0 Å². The highest BCUT2D eigenvalue weighted by Crippen LogP contribution is 2.19. The molecule has 2 aromatic rings. The summed E-state index contributed by atoms with van der Waals surface area (Å²) in [7, 11) is 0. The van der Waals surface area contributed by atoms with E-state index in [1.165, 1.54) is 22.4 Å². The fourth-order valence-corrected chi connectivity index (χ4v) is 3.80. The van der Waals surface area contributed by atoms with Gasteiger partial charge in [-0.15, -0.1) is 11.8 Å². The number of thioether (sulfide) groups is 1. The van der Waals surface area contributed by atoms with Crippen molar-refractivity contribution in [2.75, 3.05) is 12.3 Å². The van der Waals surface area contributed by atoms with Crippen LogP contribution in [-0.4, -0.2) is 33.3 Å². The number of aryl methyl sites for hydroxylation is 2. The van der Waals surface area contributed by atoms with Gasteiger partial charge in [0.25, 0.3) is 0 Å². The third-order valence-electron chi connectivity index (χ3n) is 3.93. The zero-order chi connectivity index (χ0) is 15.5. The fourth-order valence-electron chi connectivity index (χ4n) is 2.93. The zero-order valence-electron chi connectivity index (χ0n) is 13.1. The molecular weight excluding hydrogens is 294 g/mol. The summed E-state index contributed by atoms with van der Waals surface area (Å²) >= 11 is 1.69. The molecule has 1 aromatic heterocycles. The monoisotopic (exact) mass is 315 g/mol. The van der Waals surface area contributed by atoms with Crippen LogP contribution in [0.25, 0.3) is 0 Å². The summed E-state index contributed by atoms with van der Waals surface area (Å²) in [5.41, 5.74) is 6.19. The second kappa shape index (κ2) is 6.57. The highest BCUT2D eigenvalue weighted by molar-refractivity contribution is 7.99. The Morgan fingerprint density at radius 2 is 2.09 bits per heavy atom. The van der Waals surface area contributed by atoms with Crippen molar-refractivity contribution in [2.24, 2.45) is 0 Å². The summed E-state index contributed by atoms with van der Waals surface area (Å²) < 4.78 is 0. The van der Waals surface area contributed by atoms with E-state index >= 15 is 0 Å². The number of carbonyl (C=O) groups excluding carboxylic acids is 1. The molecule has 1 amide bonds. The van der Waals surface area contributed by atoms with Crippen molar-refractivity contribution in [2.45, 2.75) is 32.6 Å². The van der Waals surface area contributed by atoms with Crippen LogP contribution < -0.4 is 0 Å². The van der Waals surface area contributed by atoms with E-state index in [1.54, 1.807) is 11.8 Å². The highest BCUT2D eigenvalue weighted by atomic mass is 32.2. The predicted octanol–water partition coefficient (Wildman–Crippen LogP) is 2.84. The van der Waals surface area contributed by atoms with E-state index in [9.17, 15) is 4.79 Å². The SMILES string of the molecule is Cc1cc(C)cc(CSCC(=O)N2CCc3[nH]ncc3C2)c1. The van der Waals surface area contributed by atoms with Gasteiger partial charge in [-0.05, 0) is 19.4 Å². The molecule has 1 aromatic carbocycles. The summed E-state index contributed by atoms with van der Waals surface area (Å²) in [4.78, 5) is 14.3. The van der Waals surface area contributed by atoms with Gasteiger partial charge in [0, 0.05) is 36.5 Å². The number of carbonyl (C=O) groups is 1. The van der Waals surface area contributed by atoms with Crippen molar-refractivity contribution in [1.29, 1.82) is 0 Å². The minimum atomic E-state index is 0.223. The van der Waals surface area contributed by atoms with Crippen LogP contribution in [0.4, 0.5) is 0 Å². The van der Waals surface area contributed by atoms with Gasteiger partial charge >= 0.3 is 0 Å². The van der Waals surface area contributed by atoms with E-state index in [-0.39, 0.29) is 5.91 Å². The maximum Gasteiger partial charge on any atom is 0.232 e. The van der Waals surface area contributed by atoms with Crippen molar-refractivity contribution in [3.8, 4) is 0 Å². The van der Waals surface area contributed by atoms with Crippen LogP contribution in [0, 0.1) is 13.8 Å². The minimum Gasteiger partial charge on any atom is -0.337 e. The number of rotatable bonds is 4. The summed E-state index contributed by atoms with van der Waals surface area (Å²) in [5.74, 6) is 1.65. The van der Waals surface area contributed by atoms with Gasteiger partial charge in [-0.1, -0.05) is 29.3 Å². The Morgan fingerprint density at radius 1 is 1.32 bits per heavy atom. The summed E-state index contributed by atoms with van der Waals surface area (Å²) in [6.07, 6.45) is 2.71. The largest absolute Gasteiger partial charge is 0.337 e. The Kier molecular flexibility index (Phi) is 4.52. The Balaban J connectivity index is 1.51. The average Bonchev–Trinajstić information content (AvgIpc) is 2.93. The fraction of sp³-hybridized carbons (Fsp3) is 0.412. The summed E-state index contributed by atoms with van der Waals surface area (Å²) in [6, 6.07) is 6.57. The topological polar surface area (TPSA) is 49.0 Å². The van der Waals surface area contributed by atoms with Gasteiger partial charge in [0.2, 0.25) is 5.91 Å². The second-order valence-corrected chi connectivity index (χ2v) is 6.91. The van der Waals surface area contributed by atoms with Gasteiger partial charge in [-0.2, -0.15) is 5.10 Å². The lowest BCUT2D eigenvalue weighted by Crippen LogP contribution is -2.36. The molecule has 1 aliphatic rings. The number of benzene rings is 1. The smallest absolute Gasteiger partial charge is 0.232 e. The van der Waals surface area contributed by atoms with Crippen molar-refractivity contribution in [1.82, 2.24) is 15.1 Å². The van der Waals surface area contributed by atoms with E-state index < -0.39 is 0 Å². The number of nitrogens with one attached hydrogen (secondary N) is 1. The number of nitrogens with zero attached hydrogens (tertiary/aromatic N) is 2. The molecule has 1 N–H and O–H groups in total. The van der Waals surface area contributed by atoms with Gasteiger partial charge in [0.05, 0.1) is 11.9 Å². The number of fused-ring (bicyclic) bond motifs is 1. The number of H-pyrrole nitrogens is 1. The number of aromatic amines is 1. The minimum absolute atomic E-state index is 0.223. The molecule has 116 valence electrons. The Labute approximate surface area is 135 Å². The summed E-state index contributed by atoms with van der Waals surface area (Å²) in [6.45, 7) is 5.71. The first-order valence-corrected chi connectivity index (χ1v) is 8.71. The van der Waals surface area contributed by atoms with Gasteiger partial charge in [-0.3, -0.25) is 9.89 Å². The van der Waals surface area contributed by atoms with E-state index in [1.807, 2.05) is 11.1 Å². The molecule has 22 heavy (non-hydrogen) atoms. The first-order valence-electron chi connectivity index (χ1n) is 7.55. The normalized spacial score (nSPS) is 14.0. The molecule has 0 spiro atoms. The van der Waals surface area contributed by atoms with Crippen LogP contribution in [0.1, 0.15) is 27.9 Å². The molecule has 0 unspecified atom stereocenters. The van der Waals surface area contributed by atoms with Crippen molar-refractivity contribution >= 4 is 17.7 Å². The third kappa shape index (κ3) is 3.53. The highest BCUT2D eigenvalue weighted by Gasteiger charge is 2.21. The number of hydrogen-bond donors (Lipinski definition) is 1. The molecule has 1 aliphatic heterocycles. The molecule has 4 nitrogen and oxygen atoms in total. The molecular formula is C17H21N3OS. The third-order valence-corrected chi connectivity index (χ3v) is 4.92. The Morgan fingerprint density at radius 3 is 2.86 bits per heavy atom. The molecule has 3 rings (SSSR count). The van der Waals surface area contributed by atoms with Gasteiger partial charge in [0.1, 0.15) is 0 Å².